The molecule has 6 heteroatoms. The molecule has 10 atom stereocenters. The first-order valence-corrected chi connectivity index (χ1v) is 25.6. The predicted molar refractivity (Wildman–Crippen MR) is 161 cm³/mol. The fourth-order valence-corrected chi connectivity index (χ4v) is 13.6. The Bertz CT molecular complexity index is 784. The molecule has 3 nitrogen and oxygen atoms in total. The smallest absolute Gasteiger partial charge is 0.184 e. The molecule has 0 N–H and O–H groups in total. The SMILES string of the molecule is CC(O[Si](C)(C)C)[C@H]1CC[C@H]2[C@@H]3CC[C@@H]4C[C@H](O[Si](C)(C)C)CC[C@]4(C)[C@H]3[C@@H](O[Si](C)(C)C)C[C@]12C. The van der Waals surface area contributed by atoms with Gasteiger partial charge in [-0.15, -0.1) is 0 Å². The van der Waals surface area contributed by atoms with Crippen LogP contribution in [0, 0.1) is 40.4 Å². The van der Waals surface area contributed by atoms with Crippen LogP contribution in [0.25, 0.3) is 0 Å². The Morgan fingerprint density at radius 3 is 1.94 bits per heavy atom. The number of fused-ring (bicyclic) bond motifs is 5. The number of hydrogen-bond acceptors (Lipinski definition) is 3. The van der Waals surface area contributed by atoms with E-state index < -0.39 is 25.0 Å². The van der Waals surface area contributed by atoms with Crippen molar-refractivity contribution in [3.05, 3.63) is 0 Å². The molecule has 0 saturated heterocycles. The summed E-state index contributed by atoms with van der Waals surface area (Å²) in [6, 6.07) is 0. The third-order valence-corrected chi connectivity index (χ3v) is 13.9. The van der Waals surface area contributed by atoms with Gasteiger partial charge in [0.05, 0.1) is 0 Å². The summed E-state index contributed by atoms with van der Waals surface area (Å²) in [4.78, 5) is 0. The van der Waals surface area contributed by atoms with Crippen molar-refractivity contribution in [2.45, 2.75) is 149 Å². The number of rotatable bonds is 7. The van der Waals surface area contributed by atoms with Crippen LogP contribution in [0.4, 0.5) is 0 Å². The van der Waals surface area contributed by atoms with Crippen LogP contribution in [0.2, 0.25) is 58.9 Å². The molecule has 0 heterocycles. The van der Waals surface area contributed by atoms with Crippen molar-refractivity contribution in [1.29, 1.82) is 0 Å². The van der Waals surface area contributed by atoms with Crippen molar-refractivity contribution in [2.24, 2.45) is 40.4 Å². The Balaban J connectivity index is 1.63. The number of hydrogen-bond donors (Lipinski definition) is 0. The van der Waals surface area contributed by atoms with Crippen LogP contribution >= 0.6 is 0 Å². The molecule has 4 rings (SSSR count). The quantitative estimate of drug-likeness (QED) is 0.295. The monoisotopic (exact) mass is 552 g/mol. The summed E-state index contributed by atoms with van der Waals surface area (Å²) in [5.41, 5.74) is 0.762. The van der Waals surface area contributed by atoms with Crippen molar-refractivity contribution in [3.8, 4) is 0 Å². The fraction of sp³-hybridized carbons (Fsp3) is 1.00. The van der Waals surface area contributed by atoms with E-state index in [1.165, 1.54) is 51.4 Å². The highest BCUT2D eigenvalue weighted by Crippen LogP contribution is 2.68. The molecule has 0 aliphatic heterocycles. The minimum absolute atomic E-state index is 0.353. The van der Waals surface area contributed by atoms with Gasteiger partial charge in [0, 0.05) is 18.3 Å². The van der Waals surface area contributed by atoms with E-state index >= 15 is 0 Å². The lowest BCUT2D eigenvalue weighted by atomic mass is 9.44. The molecular weight excluding hydrogens is 493 g/mol. The highest BCUT2D eigenvalue weighted by atomic mass is 28.4. The van der Waals surface area contributed by atoms with E-state index in [2.05, 4.69) is 79.7 Å². The topological polar surface area (TPSA) is 27.7 Å². The summed E-state index contributed by atoms with van der Waals surface area (Å²) in [6.45, 7) is 29.2. The second-order valence-electron chi connectivity index (χ2n) is 16.8. The molecule has 0 amide bonds. The Labute approximate surface area is 227 Å². The average molecular weight is 553 g/mol. The molecule has 0 bridgehead atoms. The first-order valence-electron chi connectivity index (χ1n) is 15.4. The first kappa shape index (κ1) is 29.5. The van der Waals surface area contributed by atoms with E-state index in [4.69, 9.17) is 13.3 Å². The van der Waals surface area contributed by atoms with Crippen LogP contribution in [0.1, 0.15) is 72.1 Å². The van der Waals surface area contributed by atoms with Crippen molar-refractivity contribution >= 4 is 25.0 Å². The van der Waals surface area contributed by atoms with Crippen molar-refractivity contribution in [2.75, 3.05) is 0 Å². The fourth-order valence-electron chi connectivity index (χ4n) is 9.93. The van der Waals surface area contributed by atoms with Gasteiger partial charge in [0.2, 0.25) is 0 Å². The normalized spacial score (nSPS) is 44.5. The van der Waals surface area contributed by atoms with E-state index in [9.17, 15) is 0 Å². The van der Waals surface area contributed by atoms with Gasteiger partial charge in [0.15, 0.2) is 25.0 Å². The van der Waals surface area contributed by atoms with E-state index in [1.54, 1.807) is 0 Å². The van der Waals surface area contributed by atoms with Gasteiger partial charge >= 0.3 is 0 Å². The minimum Gasteiger partial charge on any atom is -0.415 e. The summed E-state index contributed by atoms with van der Waals surface area (Å²) in [5.74, 6) is 3.87. The molecule has 4 aliphatic rings. The van der Waals surface area contributed by atoms with Gasteiger partial charge in [-0.25, -0.2) is 0 Å². The van der Waals surface area contributed by atoms with E-state index in [0.29, 0.717) is 35.1 Å². The summed E-state index contributed by atoms with van der Waals surface area (Å²) in [6.07, 6.45) is 12.0. The highest BCUT2D eigenvalue weighted by Gasteiger charge is 2.64. The Morgan fingerprint density at radius 2 is 1.36 bits per heavy atom. The zero-order valence-electron chi connectivity index (χ0n) is 26.0. The molecule has 0 spiro atoms. The second kappa shape index (κ2) is 9.87. The standard InChI is InChI=1S/C30H60O3Si3/c1-21(31-34(4,5)6)25-15-16-26-24-14-13-22-19-23(32-35(7,8)9)17-18-29(22,2)28(24)27(20-30(25,26)3)33-36(10,11)12/h21-28H,13-20H2,1-12H3/t21?,22-,23-,24+,25-,26+,27+,28-,29+,30-/m1/s1. The van der Waals surface area contributed by atoms with Crippen molar-refractivity contribution in [1.82, 2.24) is 0 Å². The van der Waals surface area contributed by atoms with Crippen LogP contribution in [0.3, 0.4) is 0 Å². The van der Waals surface area contributed by atoms with Gasteiger partial charge in [-0.2, -0.15) is 0 Å². The lowest BCUT2D eigenvalue weighted by Crippen LogP contribution is -2.61. The summed E-state index contributed by atoms with van der Waals surface area (Å²) < 4.78 is 20.7. The van der Waals surface area contributed by atoms with Crippen molar-refractivity contribution in [3.63, 3.8) is 0 Å². The third-order valence-electron chi connectivity index (χ3n) is 10.7. The molecule has 210 valence electrons. The molecule has 0 radical (unpaired) electrons. The van der Waals surface area contributed by atoms with Gasteiger partial charge in [0.1, 0.15) is 0 Å². The lowest BCUT2D eigenvalue weighted by molar-refractivity contribution is -0.175. The van der Waals surface area contributed by atoms with Gasteiger partial charge in [-0.05, 0) is 158 Å². The zero-order valence-corrected chi connectivity index (χ0v) is 29.0. The van der Waals surface area contributed by atoms with Gasteiger partial charge in [-0.3, -0.25) is 0 Å². The lowest BCUT2D eigenvalue weighted by Gasteiger charge is -2.64. The maximum atomic E-state index is 7.25. The third kappa shape index (κ3) is 5.99. The molecular formula is C30H60O3Si3. The van der Waals surface area contributed by atoms with Gasteiger partial charge < -0.3 is 13.3 Å². The van der Waals surface area contributed by atoms with Crippen LogP contribution in [-0.2, 0) is 13.3 Å². The molecule has 4 aliphatic carbocycles. The van der Waals surface area contributed by atoms with Crippen molar-refractivity contribution < 1.29 is 13.3 Å². The first-order chi connectivity index (χ1) is 16.3. The van der Waals surface area contributed by atoms with Crippen LogP contribution in [0.5, 0.6) is 0 Å². The molecule has 0 aromatic carbocycles. The summed E-state index contributed by atoms with van der Waals surface area (Å²) in [7, 11) is -4.72. The Morgan fingerprint density at radius 1 is 0.722 bits per heavy atom. The van der Waals surface area contributed by atoms with Crippen LogP contribution in [0.15, 0.2) is 0 Å². The maximum Gasteiger partial charge on any atom is 0.184 e. The average Bonchev–Trinajstić information content (AvgIpc) is 3.01. The maximum absolute atomic E-state index is 7.25. The second-order valence-corrected chi connectivity index (χ2v) is 30.2. The Kier molecular flexibility index (Phi) is 8.09. The van der Waals surface area contributed by atoms with E-state index in [1.807, 2.05) is 0 Å². The van der Waals surface area contributed by atoms with Crippen LogP contribution in [-0.4, -0.2) is 43.3 Å². The summed E-state index contributed by atoms with van der Waals surface area (Å²) in [5, 5.41) is 0. The Hall–Kier alpha value is 0.531. The predicted octanol–water partition coefficient (Wildman–Crippen LogP) is 8.94. The van der Waals surface area contributed by atoms with Crippen LogP contribution < -0.4 is 0 Å². The summed E-state index contributed by atoms with van der Waals surface area (Å²) >= 11 is 0. The minimum atomic E-state index is -1.66. The van der Waals surface area contributed by atoms with Gasteiger partial charge in [0.25, 0.3) is 0 Å². The zero-order chi connectivity index (χ0) is 26.9. The molecule has 1 unspecified atom stereocenters. The largest absolute Gasteiger partial charge is 0.415 e. The highest BCUT2D eigenvalue weighted by molar-refractivity contribution is 6.70. The molecule has 36 heavy (non-hydrogen) atoms. The molecule has 4 saturated carbocycles. The van der Waals surface area contributed by atoms with E-state index in [0.717, 1.165) is 23.7 Å². The molecule has 0 aromatic rings. The molecule has 4 fully saturated rings. The van der Waals surface area contributed by atoms with E-state index in [-0.39, 0.29) is 0 Å². The molecule has 0 aromatic heterocycles. The van der Waals surface area contributed by atoms with Gasteiger partial charge in [-0.1, -0.05) is 13.8 Å².